The summed E-state index contributed by atoms with van der Waals surface area (Å²) in [5, 5.41) is 6.87. The zero-order chi connectivity index (χ0) is 19.7. The molecule has 140 valence electrons. The number of aromatic nitrogens is 5. The normalized spacial score (nSPS) is 10.9. The van der Waals surface area contributed by atoms with E-state index < -0.39 is 11.6 Å². The van der Waals surface area contributed by atoms with E-state index in [1.165, 1.54) is 25.4 Å². The van der Waals surface area contributed by atoms with E-state index in [0.717, 1.165) is 6.20 Å². The second kappa shape index (κ2) is 7.15. The summed E-state index contributed by atoms with van der Waals surface area (Å²) in [6.45, 7) is 1.77. The molecular formula is C20H15F2N5O. The van der Waals surface area contributed by atoms with Crippen molar-refractivity contribution in [2.75, 3.05) is 7.11 Å². The highest BCUT2D eigenvalue weighted by Gasteiger charge is 2.17. The molecular weight excluding hydrogens is 364 g/mol. The van der Waals surface area contributed by atoms with Gasteiger partial charge < -0.3 is 4.74 Å². The number of rotatable bonds is 4. The highest BCUT2D eigenvalue weighted by Crippen LogP contribution is 2.35. The Bertz CT molecular complexity index is 1160. The maximum absolute atomic E-state index is 14.0. The molecule has 0 saturated carbocycles. The highest BCUT2D eigenvalue weighted by atomic mass is 19.1. The van der Waals surface area contributed by atoms with E-state index in [-0.39, 0.29) is 11.4 Å². The summed E-state index contributed by atoms with van der Waals surface area (Å²) in [6.07, 6.45) is 2.66. The number of nitrogens with one attached hydrogen (secondary N) is 1. The lowest BCUT2D eigenvalue weighted by Crippen LogP contribution is -1.98. The van der Waals surface area contributed by atoms with Gasteiger partial charge in [-0.2, -0.15) is 5.10 Å². The summed E-state index contributed by atoms with van der Waals surface area (Å²) in [5.41, 5.74) is 2.49. The summed E-state index contributed by atoms with van der Waals surface area (Å²) in [7, 11) is 1.52. The van der Waals surface area contributed by atoms with E-state index in [9.17, 15) is 8.78 Å². The Morgan fingerprint density at radius 2 is 1.82 bits per heavy atom. The zero-order valence-electron chi connectivity index (χ0n) is 15.1. The quantitative estimate of drug-likeness (QED) is 0.575. The molecule has 8 heteroatoms. The fourth-order valence-corrected chi connectivity index (χ4v) is 2.95. The van der Waals surface area contributed by atoms with Crippen LogP contribution >= 0.6 is 0 Å². The first kappa shape index (κ1) is 17.7. The van der Waals surface area contributed by atoms with Gasteiger partial charge in [0, 0.05) is 17.3 Å². The van der Waals surface area contributed by atoms with Crippen LogP contribution in [0.2, 0.25) is 0 Å². The number of methoxy groups -OCH3 is 1. The van der Waals surface area contributed by atoms with E-state index in [4.69, 9.17) is 4.74 Å². The number of H-pyrrole nitrogens is 1. The molecule has 1 aromatic carbocycles. The van der Waals surface area contributed by atoms with Gasteiger partial charge in [0.05, 0.1) is 24.6 Å². The fourth-order valence-electron chi connectivity index (χ4n) is 2.95. The molecule has 4 rings (SSSR count). The highest BCUT2D eigenvalue weighted by molar-refractivity contribution is 5.75. The Kier molecular flexibility index (Phi) is 4.52. The minimum atomic E-state index is -0.461. The average Bonchev–Trinajstić information content (AvgIpc) is 3.17. The van der Waals surface area contributed by atoms with Gasteiger partial charge in [0.2, 0.25) is 0 Å². The van der Waals surface area contributed by atoms with E-state index in [0.29, 0.717) is 34.1 Å². The molecule has 0 atom stereocenters. The Balaban J connectivity index is 1.82. The van der Waals surface area contributed by atoms with Gasteiger partial charge in [-0.05, 0) is 31.2 Å². The maximum Gasteiger partial charge on any atom is 0.184 e. The van der Waals surface area contributed by atoms with E-state index in [1.54, 1.807) is 31.2 Å². The van der Waals surface area contributed by atoms with Gasteiger partial charge in [0.25, 0.3) is 0 Å². The first-order chi connectivity index (χ1) is 13.6. The summed E-state index contributed by atoms with van der Waals surface area (Å²) in [4.78, 5) is 12.7. The second-order valence-corrected chi connectivity index (χ2v) is 6.05. The number of hydrogen-bond acceptors (Lipinski definition) is 5. The van der Waals surface area contributed by atoms with Crippen LogP contribution in [0.5, 0.6) is 5.75 Å². The Hall–Kier alpha value is -3.68. The van der Waals surface area contributed by atoms with Crippen molar-refractivity contribution < 1.29 is 13.5 Å². The van der Waals surface area contributed by atoms with Gasteiger partial charge in [-0.25, -0.2) is 18.7 Å². The van der Waals surface area contributed by atoms with Gasteiger partial charge in [0.1, 0.15) is 23.1 Å². The first-order valence-electron chi connectivity index (χ1n) is 8.41. The summed E-state index contributed by atoms with van der Waals surface area (Å²) < 4.78 is 33.1. The Morgan fingerprint density at radius 1 is 1.00 bits per heavy atom. The lowest BCUT2D eigenvalue weighted by molar-refractivity contribution is 0.411. The maximum atomic E-state index is 14.0. The van der Waals surface area contributed by atoms with Crippen molar-refractivity contribution in [2.45, 2.75) is 6.92 Å². The van der Waals surface area contributed by atoms with Gasteiger partial charge in [-0.1, -0.05) is 12.1 Å². The number of aromatic amines is 1. The van der Waals surface area contributed by atoms with Crippen molar-refractivity contribution in [1.82, 2.24) is 25.1 Å². The molecule has 3 heterocycles. The summed E-state index contributed by atoms with van der Waals surface area (Å²) in [5.74, 6) is 0.201. The number of aryl methyl sites for hydroxylation is 1. The topological polar surface area (TPSA) is 76.6 Å². The van der Waals surface area contributed by atoms with Crippen LogP contribution in [0.15, 0.2) is 48.8 Å². The van der Waals surface area contributed by atoms with Crippen LogP contribution in [0.3, 0.4) is 0 Å². The molecule has 0 radical (unpaired) electrons. The lowest BCUT2D eigenvalue weighted by Gasteiger charge is -2.12. The standard InChI is InChI=1S/C20H15F2N5O/c1-11-18(28-2)15(12-7-13(21)10-23-9-12)8-17(24-11)20-25-19(26-27-20)14-5-3-4-6-16(14)22/h3-10H,1-2H3,(H,25,26,27). The molecule has 0 unspecified atom stereocenters. The van der Waals surface area contributed by atoms with Crippen molar-refractivity contribution in [3.05, 3.63) is 66.1 Å². The fraction of sp³-hybridized carbons (Fsp3) is 0.100. The van der Waals surface area contributed by atoms with Crippen LogP contribution in [-0.4, -0.2) is 32.3 Å². The predicted molar refractivity (Wildman–Crippen MR) is 99.5 cm³/mol. The average molecular weight is 379 g/mol. The zero-order valence-corrected chi connectivity index (χ0v) is 15.1. The molecule has 0 aliphatic heterocycles. The molecule has 0 aliphatic carbocycles. The first-order valence-corrected chi connectivity index (χ1v) is 8.41. The lowest BCUT2D eigenvalue weighted by atomic mass is 10.0. The number of halogens is 2. The van der Waals surface area contributed by atoms with E-state index in [2.05, 4.69) is 25.1 Å². The van der Waals surface area contributed by atoms with Crippen LogP contribution in [-0.2, 0) is 0 Å². The molecule has 0 fully saturated rings. The van der Waals surface area contributed by atoms with Gasteiger partial charge in [-0.3, -0.25) is 10.1 Å². The third-order valence-corrected chi connectivity index (χ3v) is 4.21. The van der Waals surface area contributed by atoms with Crippen LogP contribution in [0.1, 0.15) is 5.69 Å². The third-order valence-electron chi connectivity index (χ3n) is 4.21. The predicted octanol–water partition coefficient (Wildman–Crippen LogP) is 4.19. The second-order valence-electron chi connectivity index (χ2n) is 6.05. The third kappa shape index (κ3) is 3.20. The minimum absolute atomic E-state index is 0.220. The number of pyridine rings is 2. The van der Waals surface area contributed by atoms with Crippen molar-refractivity contribution in [1.29, 1.82) is 0 Å². The van der Waals surface area contributed by atoms with Crippen molar-refractivity contribution >= 4 is 0 Å². The molecule has 3 aromatic heterocycles. The van der Waals surface area contributed by atoms with Crippen molar-refractivity contribution in [3.8, 4) is 39.8 Å². The van der Waals surface area contributed by atoms with Crippen LogP contribution < -0.4 is 4.74 Å². The molecule has 28 heavy (non-hydrogen) atoms. The molecule has 0 spiro atoms. The van der Waals surface area contributed by atoms with E-state index >= 15 is 0 Å². The number of hydrogen-bond donors (Lipinski definition) is 1. The molecule has 0 saturated heterocycles. The minimum Gasteiger partial charge on any atom is -0.494 e. The number of nitrogens with zero attached hydrogens (tertiary/aromatic N) is 4. The number of ether oxygens (including phenoxy) is 1. The van der Waals surface area contributed by atoms with Crippen LogP contribution in [0.25, 0.3) is 34.0 Å². The monoisotopic (exact) mass is 379 g/mol. The molecule has 0 aliphatic rings. The van der Waals surface area contributed by atoms with Crippen molar-refractivity contribution in [2.24, 2.45) is 0 Å². The largest absolute Gasteiger partial charge is 0.494 e. The van der Waals surface area contributed by atoms with Gasteiger partial charge >= 0.3 is 0 Å². The molecule has 1 N–H and O–H groups in total. The van der Waals surface area contributed by atoms with Gasteiger partial charge in [-0.15, -0.1) is 0 Å². The molecule has 6 nitrogen and oxygen atoms in total. The number of benzene rings is 1. The van der Waals surface area contributed by atoms with E-state index in [1.807, 2.05) is 0 Å². The smallest absolute Gasteiger partial charge is 0.184 e. The van der Waals surface area contributed by atoms with Crippen LogP contribution in [0, 0.1) is 18.6 Å². The van der Waals surface area contributed by atoms with Crippen LogP contribution in [0.4, 0.5) is 8.78 Å². The molecule has 0 amide bonds. The molecule has 0 bridgehead atoms. The Morgan fingerprint density at radius 3 is 2.57 bits per heavy atom. The summed E-state index contributed by atoms with van der Waals surface area (Å²) >= 11 is 0. The van der Waals surface area contributed by atoms with Crippen molar-refractivity contribution in [3.63, 3.8) is 0 Å². The molecule has 4 aromatic rings. The van der Waals surface area contributed by atoms with Gasteiger partial charge in [0.15, 0.2) is 11.6 Å². The summed E-state index contributed by atoms with van der Waals surface area (Å²) in [6, 6.07) is 9.31. The SMILES string of the molecule is COc1c(-c2cncc(F)c2)cc(-c2nc(-c3ccccc3F)n[nH]2)nc1C. The Labute approximate surface area is 159 Å².